The number of ether oxygens (including phenoxy) is 1. The molecule has 0 unspecified atom stereocenters. The smallest absolute Gasteiger partial charge is 0.374 e. The molecule has 0 bridgehead atoms. The van der Waals surface area contributed by atoms with Crippen LogP contribution < -0.4 is 0 Å². The summed E-state index contributed by atoms with van der Waals surface area (Å²) in [7, 11) is 2.57. The molecule has 0 aliphatic heterocycles. The van der Waals surface area contributed by atoms with Crippen molar-refractivity contribution in [2.45, 2.75) is 13.0 Å². The van der Waals surface area contributed by atoms with Gasteiger partial charge < -0.3 is 9.64 Å². The molecule has 1 rings (SSSR count). The van der Waals surface area contributed by atoms with Crippen LogP contribution in [-0.2, 0) is 25.7 Å². The first kappa shape index (κ1) is 14.8. The summed E-state index contributed by atoms with van der Waals surface area (Å²) in [6.45, 7) is 0.230. The van der Waals surface area contributed by atoms with Gasteiger partial charge in [0.2, 0.25) is 11.7 Å². The van der Waals surface area contributed by atoms with E-state index in [0.717, 1.165) is 12.7 Å². The number of hydrogen-bond acceptors (Lipinski definition) is 4. The van der Waals surface area contributed by atoms with Crippen molar-refractivity contribution >= 4 is 17.7 Å². The highest BCUT2D eigenvalue weighted by atomic mass is 19.1. The lowest BCUT2D eigenvalue weighted by molar-refractivity contribution is -0.153. The van der Waals surface area contributed by atoms with Crippen LogP contribution >= 0.6 is 0 Å². The van der Waals surface area contributed by atoms with Crippen LogP contribution in [0.4, 0.5) is 4.39 Å². The number of halogens is 1. The topological polar surface area (TPSA) is 63.7 Å². The van der Waals surface area contributed by atoms with Crippen molar-refractivity contribution in [1.82, 2.24) is 4.90 Å². The first-order valence-corrected chi connectivity index (χ1v) is 5.53. The molecule has 19 heavy (non-hydrogen) atoms. The van der Waals surface area contributed by atoms with Gasteiger partial charge in [-0.05, 0) is 17.7 Å². The first-order valence-electron chi connectivity index (χ1n) is 5.53. The van der Waals surface area contributed by atoms with Gasteiger partial charge in [0.05, 0.1) is 13.5 Å². The predicted octanol–water partition coefficient (Wildman–Crippen LogP) is 0.916. The summed E-state index contributed by atoms with van der Waals surface area (Å²) in [5.41, 5.74) is 0.725. The summed E-state index contributed by atoms with van der Waals surface area (Å²) in [6, 6.07) is 5.66. The average Bonchev–Trinajstić information content (AvgIpc) is 2.40. The summed E-state index contributed by atoms with van der Waals surface area (Å²) in [5, 5.41) is 0. The summed E-state index contributed by atoms with van der Waals surface area (Å²) in [5.74, 6) is -2.79. The van der Waals surface area contributed by atoms with Crippen molar-refractivity contribution in [3.8, 4) is 0 Å². The fourth-order valence-electron chi connectivity index (χ4n) is 1.41. The standard InChI is InChI=1S/C13H14FNO4/c1-15(8-9-3-5-10(14)6-4-9)12(17)7-11(16)13(18)19-2/h3-6H,7-8H2,1-2H3. The maximum atomic E-state index is 12.7. The van der Waals surface area contributed by atoms with E-state index < -0.39 is 24.1 Å². The molecule has 1 aromatic carbocycles. The number of nitrogens with zero attached hydrogens (tertiary/aromatic N) is 1. The third-order valence-electron chi connectivity index (χ3n) is 2.48. The van der Waals surface area contributed by atoms with E-state index >= 15 is 0 Å². The zero-order valence-electron chi connectivity index (χ0n) is 10.7. The quantitative estimate of drug-likeness (QED) is 0.452. The Kier molecular flexibility index (Phi) is 5.17. The lowest BCUT2D eigenvalue weighted by atomic mass is 10.2. The Hall–Kier alpha value is -2.24. The molecular weight excluding hydrogens is 253 g/mol. The summed E-state index contributed by atoms with van der Waals surface area (Å²) in [6.07, 6.45) is -0.537. The number of esters is 1. The zero-order valence-corrected chi connectivity index (χ0v) is 10.7. The molecule has 0 fully saturated rings. The normalized spacial score (nSPS) is 9.84. The van der Waals surface area contributed by atoms with Crippen LogP contribution in [0.1, 0.15) is 12.0 Å². The second kappa shape index (κ2) is 6.63. The third-order valence-corrected chi connectivity index (χ3v) is 2.48. The molecule has 0 N–H and O–H groups in total. The van der Waals surface area contributed by atoms with E-state index in [0.29, 0.717) is 0 Å². The maximum Gasteiger partial charge on any atom is 0.374 e. The molecule has 0 saturated heterocycles. The van der Waals surface area contributed by atoms with Gasteiger partial charge in [-0.2, -0.15) is 0 Å². The molecule has 0 aliphatic carbocycles. The monoisotopic (exact) mass is 267 g/mol. The Balaban J connectivity index is 2.55. The van der Waals surface area contributed by atoms with Gasteiger partial charge in [-0.1, -0.05) is 12.1 Å². The number of carbonyl (C=O) groups is 3. The number of rotatable bonds is 5. The molecule has 6 heteroatoms. The number of Topliss-reactive ketones (excluding diaryl/α,β-unsaturated/α-hetero) is 1. The minimum atomic E-state index is -1.04. The first-order chi connectivity index (χ1) is 8.93. The molecule has 1 amide bonds. The Morgan fingerprint density at radius 2 is 1.79 bits per heavy atom. The number of carbonyl (C=O) groups excluding carboxylic acids is 3. The highest BCUT2D eigenvalue weighted by Gasteiger charge is 2.20. The summed E-state index contributed by atoms with van der Waals surface area (Å²) in [4.78, 5) is 35.1. The third kappa shape index (κ3) is 4.50. The SMILES string of the molecule is COC(=O)C(=O)CC(=O)N(C)Cc1ccc(F)cc1. The molecule has 0 atom stereocenters. The van der Waals surface area contributed by atoms with Crippen molar-refractivity contribution in [3.63, 3.8) is 0 Å². The number of hydrogen-bond donors (Lipinski definition) is 0. The number of amides is 1. The summed E-state index contributed by atoms with van der Waals surface area (Å²) >= 11 is 0. The lowest BCUT2D eigenvalue weighted by Crippen LogP contribution is -2.30. The molecule has 0 saturated carbocycles. The minimum Gasteiger partial charge on any atom is -0.463 e. The van der Waals surface area contributed by atoms with Crippen LogP contribution in [0.3, 0.4) is 0 Å². The average molecular weight is 267 g/mol. The van der Waals surface area contributed by atoms with E-state index in [-0.39, 0.29) is 12.4 Å². The largest absolute Gasteiger partial charge is 0.463 e. The Morgan fingerprint density at radius 3 is 2.32 bits per heavy atom. The molecule has 0 spiro atoms. The van der Waals surface area contributed by atoms with Gasteiger partial charge in [0.1, 0.15) is 5.82 Å². The van der Waals surface area contributed by atoms with Crippen molar-refractivity contribution in [2.75, 3.05) is 14.2 Å². The van der Waals surface area contributed by atoms with E-state index in [4.69, 9.17) is 0 Å². The van der Waals surface area contributed by atoms with Gasteiger partial charge in [-0.3, -0.25) is 9.59 Å². The van der Waals surface area contributed by atoms with Crippen molar-refractivity contribution in [1.29, 1.82) is 0 Å². The molecule has 0 heterocycles. The van der Waals surface area contributed by atoms with Crippen molar-refractivity contribution in [2.24, 2.45) is 0 Å². The van der Waals surface area contributed by atoms with Crippen LogP contribution in [0, 0.1) is 5.82 Å². The van der Waals surface area contributed by atoms with Crippen LogP contribution in [0.15, 0.2) is 24.3 Å². The Bertz CT molecular complexity index is 484. The molecule has 5 nitrogen and oxygen atoms in total. The zero-order chi connectivity index (χ0) is 14.4. The van der Waals surface area contributed by atoms with Crippen LogP contribution in [0.5, 0.6) is 0 Å². The van der Waals surface area contributed by atoms with E-state index in [1.165, 1.54) is 24.1 Å². The second-order valence-electron chi connectivity index (χ2n) is 3.97. The van der Waals surface area contributed by atoms with Gasteiger partial charge in [0.15, 0.2) is 0 Å². The second-order valence-corrected chi connectivity index (χ2v) is 3.97. The molecular formula is C13H14FNO4. The summed E-state index contributed by atoms with van der Waals surface area (Å²) < 4.78 is 16.9. The van der Waals surface area contributed by atoms with Crippen LogP contribution in [0.2, 0.25) is 0 Å². The Labute approximate surface area is 110 Å². The van der Waals surface area contributed by atoms with E-state index in [1.807, 2.05) is 0 Å². The fraction of sp³-hybridized carbons (Fsp3) is 0.308. The van der Waals surface area contributed by atoms with Gasteiger partial charge >= 0.3 is 5.97 Å². The predicted molar refractivity (Wildman–Crippen MR) is 64.5 cm³/mol. The highest BCUT2D eigenvalue weighted by Crippen LogP contribution is 2.06. The number of ketones is 1. The molecule has 102 valence electrons. The van der Waals surface area contributed by atoms with E-state index in [1.54, 1.807) is 12.1 Å². The molecule has 0 aliphatic rings. The van der Waals surface area contributed by atoms with Gasteiger partial charge in [0.25, 0.3) is 0 Å². The van der Waals surface area contributed by atoms with E-state index in [9.17, 15) is 18.8 Å². The highest BCUT2D eigenvalue weighted by molar-refractivity contribution is 6.36. The van der Waals surface area contributed by atoms with Crippen molar-refractivity contribution < 1.29 is 23.5 Å². The van der Waals surface area contributed by atoms with Gasteiger partial charge in [-0.15, -0.1) is 0 Å². The fourth-order valence-corrected chi connectivity index (χ4v) is 1.41. The molecule has 0 aromatic heterocycles. The van der Waals surface area contributed by atoms with E-state index in [2.05, 4.69) is 4.74 Å². The number of benzene rings is 1. The minimum absolute atomic E-state index is 0.230. The van der Waals surface area contributed by atoms with Crippen LogP contribution in [0.25, 0.3) is 0 Å². The lowest BCUT2D eigenvalue weighted by Gasteiger charge is -2.16. The van der Waals surface area contributed by atoms with Gasteiger partial charge in [-0.25, -0.2) is 9.18 Å². The van der Waals surface area contributed by atoms with Gasteiger partial charge in [0, 0.05) is 13.6 Å². The molecule has 0 radical (unpaired) electrons. The maximum absolute atomic E-state index is 12.7. The Morgan fingerprint density at radius 1 is 1.21 bits per heavy atom. The van der Waals surface area contributed by atoms with Crippen LogP contribution in [-0.4, -0.2) is 36.7 Å². The van der Waals surface area contributed by atoms with Crippen molar-refractivity contribution in [3.05, 3.63) is 35.6 Å². The molecule has 1 aromatic rings. The number of methoxy groups -OCH3 is 1.